The minimum Gasteiger partial charge on any atom is -0.358 e. The molecule has 1 aliphatic rings. The fourth-order valence-electron chi connectivity index (χ4n) is 3.12. The van der Waals surface area contributed by atoms with E-state index in [1.807, 2.05) is 6.92 Å². The van der Waals surface area contributed by atoms with Crippen LogP contribution in [0.4, 0.5) is 11.6 Å². The van der Waals surface area contributed by atoms with Crippen molar-refractivity contribution in [2.45, 2.75) is 32.2 Å². The van der Waals surface area contributed by atoms with Gasteiger partial charge in [-0.1, -0.05) is 6.42 Å². The lowest BCUT2D eigenvalue weighted by atomic mass is 10.0. The number of imidazole rings is 1. The summed E-state index contributed by atoms with van der Waals surface area (Å²) >= 11 is 0. The van der Waals surface area contributed by atoms with E-state index in [1.54, 1.807) is 11.6 Å². The second kappa shape index (κ2) is 5.56. The van der Waals surface area contributed by atoms with Gasteiger partial charge in [0.25, 0.3) is 0 Å². The molecule has 0 saturated heterocycles. The van der Waals surface area contributed by atoms with E-state index in [-0.39, 0.29) is 11.9 Å². The monoisotopic (exact) mass is 267 g/mol. The Bertz CT molecular complexity index is 459. The predicted octanol–water partition coefficient (Wildman–Crippen LogP) is 1.28. The van der Waals surface area contributed by atoms with Gasteiger partial charge < -0.3 is 20.7 Å². The zero-order valence-electron chi connectivity index (χ0n) is 11.5. The Kier molecular flexibility index (Phi) is 4.04. The van der Waals surface area contributed by atoms with Crippen molar-refractivity contribution in [3.63, 3.8) is 0 Å². The quantitative estimate of drug-likeness (QED) is 0.641. The van der Waals surface area contributed by atoms with E-state index < -0.39 is 4.92 Å². The summed E-state index contributed by atoms with van der Waals surface area (Å²) in [6.07, 6.45) is 4.78. The SMILES string of the molecule is CCN(c1c([N+](=O)[O-])ncn1C)C1CCCC1CN. The van der Waals surface area contributed by atoms with Gasteiger partial charge >= 0.3 is 5.82 Å². The van der Waals surface area contributed by atoms with E-state index >= 15 is 0 Å². The second-order valence-corrected chi connectivity index (χ2v) is 5.04. The van der Waals surface area contributed by atoms with Crippen LogP contribution in [0.15, 0.2) is 6.33 Å². The summed E-state index contributed by atoms with van der Waals surface area (Å²) in [6, 6.07) is 0.282. The van der Waals surface area contributed by atoms with Gasteiger partial charge in [-0.15, -0.1) is 0 Å². The summed E-state index contributed by atoms with van der Waals surface area (Å²) in [5, 5.41) is 11.1. The highest BCUT2D eigenvalue weighted by Gasteiger charge is 2.35. The van der Waals surface area contributed by atoms with E-state index in [0.717, 1.165) is 25.8 Å². The van der Waals surface area contributed by atoms with Crippen LogP contribution >= 0.6 is 0 Å². The van der Waals surface area contributed by atoms with Crippen LogP contribution < -0.4 is 10.6 Å². The molecule has 2 unspecified atom stereocenters. The highest BCUT2D eigenvalue weighted by molar-refractivity contribution is 5.55. The number of hydrogen-bond acceptors (Lipinski definition) is 5. The smallest absolute Gasteiger partial charge is 0.358 e. The lowest BCUT2D eigenvalue weighted by Gasteiger charge is -2.32. The van der Waals surface area contributed by atoms with Gasteiger partial charge in [0, 0.05) is 19.6 Å². The molecule has 1 heterocycles. The first kappa shape index (κ1) is 13.8. The molecular weight excluding hydrogens is 246 g/mol. The molecule has 1 aromatic heterocycles. The first-order valence-electron chi connectivity index (χ1n) is 6.72. The molecule has 0 bridgehead atoms. The molecule has 2 atom stereocenters. The van der Waals surface area contributed by atoms with Crippen molar-refractivity contribution in [3.05, 3.63) is 16.4 Å². The van der Waals surface area contributed by atoms with Crippen LogP contribution in [0.3, 0.4) is 0 Å². The third kappa shape index (κ3) is 2.42. The van der Waals surface area contributed by atoms with Crippen molar-refractivity contribution in [2.75, 3.05) is 18.0 Å². The molecule has 1 fully saturated rings. The molecular formula is C12H21N5O2. The van der Waals surface area contributed by atoms with Crippen molar-refractivity contribution >= 4 is 11.6 Å². The zero-order valence-corrected chi connectivity index (χ0v) is 11.5. The summed E-state index contributed by atoms with van der Waals surface area (Å²) in [7, 11) is 1.80. The summed E-state index contributed by atoms with van der Waals surface area (Å²) < 4.78 is 1.73. The molecule has 0 amide bonds. The number of anilines is 1. The van der Waals surface area contributed by atoms with E-state index in [9.17, 15) is 10.1 Å². The summed E-state index contributed by atoms with van der Waals surface area (Å²) in [6.45, 7) is 3.37. The molecule has 1 aliphatic carbocycles. The maximum atomic E-state index is 11.1. The van der Waals surface area contributed by atoms with Crippen LogP contribution in [0.2, 0.25) is 0 Å². The Hall–Kier alpha value is -1.63. The fourth-order valence-corrected chi connectivity index (χ4v) is 3.12. The lowest BCUT2D eigenvalue weighted by molar-refractivity contribution is -0.388. The minimum atomic E-state index is -0.412. The molecule has 0 aromatic carbocycles. The molecule has 0 spiro atoms. The van der Waals surface area contributed by atoms with Gasteiger partial charge in [-0.2, -0.15) is 0 Å². The number of nitrogens with two attached hydrogens (primary N) is 1. The van der Waals surface area contributed by atoms with E-state index in [0.29, 0.717) is 18.3 Å². The van der Waals surface area contributed by atoms with Crippen LogP contribution in [0.25, 0.3) is 0 Å². The molecule has 0 aliphatic heterocycles. The Morgan fingerprint density at radius 2 is 2.37 bits per heavy atom. The Balaban J connectivity index is 2.36. The van der Waals surface area contributed by atoms with Crippen molar-refractivity contribution in [2.24, 2.45) is 18.7 Å². The van der Waals surface area contributed by atoms with E-state index in [4.69, 9.17) is 5.73 Å². The highest BCUT2D eigenvalue weighted by atomic mass is 16.6. The molecule has 1 saturated carbocycles. The Morgan fingerprint density at radius 1 is 1.63 bits per heavy atom. The van der Waals surface area contributed by atoms with Crippen LogP contribution in [0.5, 0.6) is 0 Å². The third-order valence-electron chi connectivity index (χ3n) is 4.00. The maximum Gasteiger partial charge on any atom is 0.406 e. The van der Waals surface area contributed by atoms with Gasteiger partial charge in [-0.3, -0.25) is 4.57 Å². The van der Waals surface area contributed by atoms with Gasteiger partial charge in [-0.05, 0) is 42.1 Å². The molecule has 7 nitrogen and oxygen atoms in total. The third-order valence-corrected chi connectivity index (χ3v) is 4.00. The number of aryl methyl sites for hydroxylation is 1. The second-order valence-electron chi connectivity index (χ2n) is 5.04. The molecule has 0 radical (unpaired) electrons. The number of rotatable bonds is 5. The molecule has 7 heteroatoms. The number of aromatic nitrogens is 2. The summed E-state index contributed by atoms with van der Waals surface area (Å²) in [4.78, 5) is 16.7. The van der Waals surface area contributed by atoms with Crippen LogP contribution in [0, 0.1) is 16.0 Å². The van der Waals surface area contributed by atoms with E-state index in [2.05, 4.69) is 9.88 Å². The zero-order chi connectivity index (χ0) is 14.0. The van der Waals surface area contributed by atoms with Crippen molar-refractivity contribution in [3.8, 4) is 0 Å². The average molecular weight is 267 g/mol. The van der Waals surface area contributed by atoms with Crippen molar-refractivity contribution < 1.29 is 4.92 Å². The first-order chi connectivity index (χ1) is 9.10. The van der Waals surface area contributed by atoms with Crippen LogP contribution in [0.1, 0.15) is 26.2 Å². The fraction of sp³-hybridized carbons (Fsp3) is 0.750. The Labute approximate surface area is 112 Å². The normalized spacial score (nSPS) is 22.7. The lowest BCUT2D eigenvalue weighted by Crippen LogP contribution is -2.41. The average Bonchev–Trinajstić information content (AvgIpc) is 2.98. The van der Waals surface area contributed by atoms with Gasteiger partial charge in [0.15, 0.2) is 0 Å². The van der Waals surface area contributed by atoms with Crippen LogP contribution in [-0.2, 0) is 7.05 Å². The maximum absolute atomic E-state index is 11.1. The first-order valence-corrected chi connectivity index (χ1v) is 6.72. The van der Waals surface area contributed by atoms with Crippen molar-refractivity contribution in [1.82, 2.24) is 9.55 Å². The molecule has 106 valence electrons. The van der Waals surface area contributed by atoms with Crippen LogP contribution in [-0.4, -0.2) is 33.6 Å². The molecule has 2 rings (SSSR count). The minimum absolute atomic E-state index is 0.0629. The summed E-state index contributed by atoms with van der Waals surface area (Å²) in [5.74, 6) is 0.944. The topological polar surface area (TPSA) is 90.2 Å². The van der Waals surface area contributed by atoms with Gasteiger partial charge in [-0.25, -0.2) is 0 Å². The van der Waals surface area contributed by atoms with Gasteiger partial charge in [0.05, 0.1) is 0 Å². The van der Waals surface area contributed by atoms with Gasteiger partial charge in [0.1, 0.15) is 0 Å². The highest BCUT2D eigenvalue weighted by Crippen LogP contribution is 2.35. The molecule has 1 aromatic rings. The number of nitro groups is 1. The standard InChI is InChI=1S/C12H21N5O2/c1-3-16(10-6-4-5-9(10)7-13)12-11(17(18)19)14-8-15(12)2/h8-10H,3-7,13H2,1-2H3. The molecule has 2 N–H and O–H groups in total. The number of hydrogen-bond donors (Lipinski definition) is 1. The molecule has 19 heavy (non-hydrogen) atoms. The largest absolute Gasteiger partial charge is 0.406 e. The number of nitrogens with zero attached hydrogens (tertiary/aromatic N) is 4. The van der Waals surface area contributed by atoms with Crippen molar-refractivity contribution in [1.29, 1.82) is 0 Å². The predicted molar refractivity (Wildman–Crippen MR) is 73.1 cm³/mol. The summed E-state index contributed by atoms with van der Waals surface area (Å²) in [5.41, 5.74) is 5.82. The Morgan fingerprint density at radius 3 is 2.95 bits per heavy atom. The van der Waals surface area contributed by atoms with Gasteiger partial charge in [0.2, 0.25) is 12.1 Å². The van der Waals surface area contributed by atoms with E-state index in [1.165, 1.54) is 6.33 Å².